The molecule has 4 rings (SSSR count). The van der Waals surface area contributed by atoms with Crippen LogP contribution in [0.3, 0.4) is 0 Å². The van der Waals surface area contributed by atoms with E-state index >= 15 is 0 Å². The molecule has 0 unspecified atom stereocenters. The van der Waals surface area contributed by atoms with Crippen molar-refractivity contribution in [3.63, 3.8) is 0 Å². The molecule has 0 saturated heterocycles. The summed E-state index contributed by atoms with van der Waals surface area (Å²) in [7, 11) is 1.81. The number of carbonyl (C=O) groups is 1. The molecule has 0 atom stereocenters. The average Bonchev–Trinajstić information content (AvgIpc) is 3.49. The van der Waals surface area contributed by atoms with Crippen molar-refractivity contribution in [2.75, 3.05) is 13.6 Å². The first-order chi connectivity index (χ1) is 16.1. The van der Waals surface area contributed by atoms with Crippen molar-refractivity contribution < 1.29 is 14.1 Å². The van der Waals surface area contributed by atoms with Gasteiger partial charge in [0.1, 0.15) is 28.8 Å². The van der Waals surface area contributed by atoms with Gasteiger partial charge in [0.2, 0.25) is 5.91 Å². The SMILES string of the molecule is CN(CCCc1cc(-c2ccccc2)no1)C(=O)Cc1csc(COc2ccc(Cl)cc2)n1. The second kappa shape index (κ2) is 11.1. The lowest BCUT2D eigenvalue weighted by Gasteiger charge is -2.16. The van der Waals surface area contributed by atoms with Crippen LogP contribution in [0.5, 0.6) is 5.75 Å². The molecule has 0 radical (unpaired) electrons. The number of aromatic nitrogens is 2. The molecular weight excluding hydrogens is 458 g/mol. The van der Waals surface area contributed by atoms with Gasteiger partial charge in [-0.2, -0.15) is 0 Å². The fraction of sp³-hybridized carbons (Fsp3) is 0.240. The van der Waals surface area contributed by atoms with E-state index < -0.39 is 0 Å². The van der Waals surface area contributed by atoms with E-state index in [4.69, 9.17) is 20.9 Å². The van der Waals surface area contributed by atoms with E-state index in [2.05, 4.69) is 10.1 Å². The number of likely N-dealkylation sites (N-methyl/N-ethyl adjacent to an activating group) is 1. The number of amides is 1. The Morgan fingerprint density at radius 2 is 1.94 bits per heavy atom. The third-order valence-electron chi connectivity index (χ3n) is 5.08. The maximum Gasteiger partial charge on any atom is 0.228 e. The zero-order chi connectivity index (χ0) is 23.0. The molecule has 4 aromatic rings. The van der Waals surface area contributed by atoms with Gasteiger partial charge in [0.15, 0.2) is 0 Å². The summed E-state index contributed by atoms with van der Waals surface area (Å²) in [6.07, 6.45) is 1.79. The third kappa shape index (κ3) is 6.66. The van der Waals surface area contributed by atoms with E-state index in [0.717, 1.165) is 46.3 Å². The van der Waals surface area contributed by atoms with E-state index in [1.165, 1.54) is 11.3 Å². The minimum Gasteiger partial charge on any atom is -0.486 e. The van der Waals surface area contributed by atoms with Crippen LogP contribution in [0.2, 0.25) is 5.02 Å². The number of rotatable bonds is 10. The first kappa shape index (κ1) is 23.0. The largest absolute Gasteiger partial charge is 0.486 e. The van der Waals surface area contributed by atoms with E-state index in [-0.39, 0.29) is 12.3 Å². The molecule has 0 aliphatic carbocycles. The van der Waals surface area contributed by atoms with Gasteiger partial charge in [0.25, 0.3) is 0 Å². The van der Waals surface area contributed by atoms with Crippen molar-refractivity contribution in [3.8, 4) is 17.0 Å². The first-order valence-corrected chi connectivity index (χ1v) is 11.9. The van der Waals surface area contributed by atoms with Crippen LogP contribution in [-0.2, 0) is 24.2 Å². The number of hydrogen-bond acceptors (Lipinski definition) is 6. The van der Waals surface area contributed by atoms with Gasteiger partial charge in [-0.1, -0.05) is 47.1 Å². The number of aryl methyl sites for hydroxylation is 1. The van der Waals surface area contributed by atoms with Crippen LogP contribution in [0, 0.1) is 0 Å². The van der Waals surface area contributed by atoms with E-state index in [1.807, 2.05) is 61.0 Å². The van der Waals surface area contributed by atoms with Crippen molar-refractivity contribution >= 4 is 28.8 Å². The lowest BCUT2D eigenvalue weighted by atomic mass is 10.1. The summed E-state index contributed by atoms with van der Waals surface area (Å²) < 4.78 is 11.2. The number of thiazole rings is 1. The van der Waals surface area contributed by atoms with Crippen LogP contribution in [0.15, 0.2) is 70.6 Å². The molecule has 170 valence electrons. The maximum atomic E-state index is 12.6. The van der Waals surface area contributed by atoms with E-state index in [0.29, 0.717) is 18.2 Å². The van der Waals surface area contributed by atoms with Gasteiger partial charge >= 0.3 is 0 Å². The Morgan fingerprint density at radius 3 is 2.73 bits per heavy atom. The number of benzene rings is 2. The first-order valence-electron chi connectivity index (χ1n) is 10.6. The van der Waals surface area contributed by atoms with Crippen LogP contribution in [0.25, 0.3) is 11.3 Å². The van der Waals surface area contributed by atoms with Crippen molar-refractivity contribution in [2.24, 2.45) is 0 Å². The summed E-state index contributed by atoms with van der Waals surface area (Å²) in [5.41, 5.74) is 2.62. The van der Waals surface area contributed by atoms with E-state index in [9.17, 15) is 4.79 Å². The molecule has 1 amide bonds. The Balaban J connectivity index is 1.20. The zero-order valence-electron chi connectivity index (χ0n) is 18.2. The highest BCUT2D eigenvalue weighted by Gasteiger charge is 2.13. The topological polar surface area (TPSA) is 68.5 Å². The Bertz CT molecular complexity index is 1180. The number of hydrogen-bond donors (Lipinski definition) is 0. The highest BCUT2D eigenvalue weighted by molar-refractivity contribution is 7.09. The lowest BCUT2D eigenvalue weighted by Crippen LogP contribution is -2.29. The van der Waals surface area contributed by atoms with Gasteiger partial charge in [-0.25, -0.2) is 4.98 Å². The quantitative estimate of drug-likeness (QED) is 0.292. The summed E-state index contributed by atoms with van der Waals surface area (Å²) in [5.74, 6) is 1.59. The second-order valence-electron chi connectivity index (χ2n) is 7.62. The second-order valence-corrected chi connectivity index (χ2v) is 8.99. The molecule has 0 aliphatic heterocycles. The molecule has 0 aliphatic rings. The number of carbonyl (C=O) groups excluding carboxylic acids is 1. The summed E-state index contributed by atoms with van der Waals surface area (Å²) in [6.45, 7) is 0.995. The molecule has 0 spiro atoms. The zero-order valence-corrected chi connectivity index (χ0v) is 19.8. The molecule has 2 heterocycles. The average molecular weight is 482 g/mol. The van der Waals surface area contributed by atoms with Gasteiger partial charge in [-0.15, -0.1) is 11.3 Å². The molecule has 33 heavy (non-hydrogen) atoms. The van der Waals surface area contributed by atoms with Gasteiger partial charge in [0.05, 0.1) is 12.1 Å². The van der Waals surface area contributed by atoms with Crippen LogP contribution in [-0.4, -0.2) is 34.5 Å². The molecular formula is C25H24ClN3O3S. The molecule has 0 saturated carbocycles. The lowest BCUT2D eigenvalue weighted by molar-refractivity contribution is -0.129. The maximum absolute atomic E-state index is 12.6. The minimum absolute atomic E-state index is 0.0352. The highest BCUT2D eigenvalue weighted by Crippen LogP contribution is 2.20. The molecule has 2 aromatic carbocycles. The summed E-state index contributed by atoms with van der Waals surface area (Å²) in [4.78, 5) is 18.8. The summed E-state index contributed by atoms with van der Waals surface area (Å²) in [5, 5.41) is 7.54. The fourth-order valence-electron chi connectivity index (χ4n) is 3.25. The predicted molar refractivity (Wildman–Crippen MR) is 129 cm³/mol. The molecule has 0 fully saturated rings. The Kier molecular flexibility index (Phi) is 7.75. The van der Waals surface area contributed by atoms with Gasteiger partial charge in [-0.05, 0) is 30.7 Å². The normalized spacial score (nSPS) is 10.8. The van der Waals surface area contributed by atoms with Gasteiger partial charge < -0.3 is 14.2 Å². The number of ether oxygens (including phenoxy) is 1. The van der Waals surface area contributed by atoms with Gasteiger partial charge in [-0.3, -0.25) is 4.79 Å². The van der Waals surface area contributed by atoms with Crippen molar-refractivity contribution in [2.45, 2.75) is 25.9 Å². The smallest absolute Gasteiger partial charge is 0.228 e. The number of halogens is 1. The Labute approximate surface area is 201 Å². The summed E-state index contributed by atoms with van der Waals surface area (Å²) >= 11 is 7.37. The standard InChI is InChI=1S/C25H24ClN3O3S/c1-29(13-5-8-22-15-23(28-32-22)18-6-3-2-4-7-18)25(30)14-20-17-33-24(27-20)16-31-21-11-9-19(26)10-12-21/h2-4,6-7,9-12,15,17H,5,8,13-14,16H2,1H3. The fourth-order valence-corrected chi connectivity index (χ4v) is 4.08. The van der Waals surface area contributed by atoms with E-state index in [1.54, 1.807) is 17.0 Å². The molecule has 0 N–H and O–H groups in total. The van der Waals surface area contributed by atoms with Crippen molar-refractivity contribution in [1.29, 1.82) is 0 Å². The number of nitrogens with zero attached hydrogens (tertiary/aromatic N) is 3. The van der Waals surface area contributed by atoms with Crippen LogP contribution >= 0.6 is 22.9 Å². The van der Waals surface area contributed by atoms with Crippen LogP contribution < -0.4 is 4.74 Å². The van der Waals surface area contributed by atoms with Crippen LogP contribution in [0.4, 0.5) is 0 Å². The Morgan fingerprint density at radius 1 is 1.15 bits per heavy atom. The third-order valence-corrected chi connectivity index (χ3v) is 6.20. The van der Waals surface area contributed by atoms with Crippen molar-refractivity contribution in [1.82, 2.24) is 15.0 Å². The highest BCUT2D eigenvalue weighted by atomic mass is 35.5. The molecule has 8 heteroatoms. The van der Waals surface area contributed by atoms with Gasteiger partial charge in [0, 0.05) is 42.0 Å². The van der Waals surface area contributed by atoms with Crippen molar-refractivity contribution in [3.05, 3.63) is 87.5 Å². The minimum atomic E-state index is 0.0352. The van der Waals surface area contributed by atoms with Crippen LogP contribution in [0.1, 0.15) is 22.9 Å². The molecule has 0 bridgehead atoms. The predicted octanol–water partition coefficient (Wildman–Crippen LogP) is 5.66. The molecule has 6 nitrogen and oxygen atoms in total. The Hall–Kier alpha value is -3.16. The molecule has 2 aromatic heterocycles. The monoisotopic (exact) mass is 481 g/mol. The summed E-state index contributed by atoms with van der Waals surface area (Å²) in [6, 6.07) is 19.1.